The van der Waals surface area contributed by atoms with E-state index >= 15 is 0 Å². The summed E-state index contributed by atoms with van der Waals surface area (Å²) in [4.78, 5) is 14.1. The molecule has 0 saturated carbocycles. The normalized spacial score (nSPS) is 16.6. The maximum Gasteiger partial charge on any atom is 0.342 e. The van der Waals surface area contributed by atoms with Gasteiger partial charge in [0.05, 0.1) is 11.4 Å². The van der Waals surface area contributed by atoms with Gasteiger partial charge in [0.1, 0.15) is 4.90 Å². The van der Waals surface area contributed by atoms with Gasteiger partial charge in [0.15, 0.2) is 0 Å². The third-order valence-corrected chi connectivity index (χ3v) is 5.68. The van der Waals surface area contributed by atoms with E-state index in [1.165, 1.54) is 11.0 Å². The number of aryl methyl sites for hydroxylation is 2. The number of rotatable bonds is 1. The number of anilines is 2. The van der Waals surface area contributed by atoms with Crippen molar-refractivity contribution >= 4 is 27.4 Å². The fourth-order valence-electron chi connectivity index (χ4n) is 2.49. The fourth-order valence-corrected chi connectivity index (χ4v) is 4.13. The average molecular weight is 316 g/mol. The van der Waals surface area contributed by atoms with Crippen LogP contribution in [-0.4, -0.2) is 21.5 Å². The van der Waals surface area contributed by atoms with Crippen molar-refractivity contribution in [1.82, 2.24) is 0 Å². The zero-order chi connectivity index (χ0) is 16.1. The Morgan fingerprint density at radius 1 is 0.955 bits per heavy atom. The first-order valence-corrected chi connectivity index (χ1v) is 8.27. The first kappa shape index (κ1) is 14.6. The Labute approximate surface area is 129 Å². The third kappa shape index (κ3) is 1.99. The number of carbonyl (C=O) groups excluding carboxylic acids is 1. The van der Waals surface area contributed by atoms with E-state index in [2.05, 4.69) is 0 Å². The molecule has 2 aromatic rings. The molecule has 6 heteroatoms. The molecule has 0 spiro atoms. The lowest BCUT2D eigenvalue weighted by atomic mass is 10.1. The van der Waals surface area contributed by atoms with Gasteiger partial charge in [-0.05, 0) is 49.2 Å². The molecule has 0 saturated heterocycles. The van der Waals surface area contributed by atoms with Crippen molar-refractivity contribution in [2.75, 3.05) is 16.3 Å². The Balaban J connectivity index is 2.25. The lowest BCUT2D eigenvalue weighted by Gasteiger charge is -2.34. The van der Waals surface area contributed by atoms with Crippen LogP contribution in [0.25, 0.3) is 0 Å². The van der Waals surface area contributed by atoms with Crippen LogP contribution in [0.5, 0.6) is 0 Å². The molecule has 0 fully saturated rings. The van der Waals surface area contributed by atoms with Crippen LogP contribution in [0.2, 0.25) is 0 Å². The lowest BCUT2D eigenvalue weighted by Crippen LogP contribution is -2.49. The number of para-hydroxylation sites is 1. The number of carbonyl (C=O) groups is 1. The van der Waals surface area contributed by atoms with Gasteiger partial charge in [0.2, 0.25) is 0 Å². The fraction of sp³-hybridized carbons (Fsp3) is 0.188. The maximum atomic E-state index is 12.8. The van der Waals surface area contributed by atoms with Crippen molar-refractivity contribution in [3.63, 3.8) is 0 Å². The quantitative estimate of drug-likeness (QED) is 0.812. The summed E-state index contributed by atoms with van der Waals surface area (Å²) < 4.78 is 26.5. The van der Waals surface area contributed by atoms with Gasteiger partial charge in [-0.25, -0.2) is 13.2 Å². The van der Waals surface area contributed by atoms with Crippen molar-refractivity contribution in [2.24, 2.45) is 0 Å². The molecule has 1 heterocycles. The summed E-state index contributed by atoms with van der Waals surface area (Å²) >= 11 is 0. The lowest BCUT2D eigenvalue weighted by molar-refractivity contribution is 0.255. The highest BCUT2D eigenvalue weighted by Crippen LogP contribution is 2.36. The van der Waals surface area contributed by atoms with Gasteiger partial charge in [-0.15, -0.1) is 0 Å². The monoisotopic (exact) mass is 316 g/mol. The molecule has 0 N–H and O–H groups in total. The van der Waals surface area contributed by atoms with Gasteiger partial charge in [0, 0.05) is 7.05 Å². The summed E-state index contributed by atoms with van der Waals surface area (Å²) in [6.45, 7) is 3.82. The zero-order valence-corrected chi connectivity index (χ0v) is 13.4. The predicted molar refractivity (Wildman–Crippen MR) is 85.8 cm³/mol. The van der Waals surface area contributed by atoms with Gasteiger partial charge < -0.3 is 0 Å². The zero-order valence-electron chi connectivity index (χ0n) is 12.6. The number of hydrogen-bond acceptors (Lipinski definition) is 3. The number of benzene rings is 2. The summed E-state index contributed by atoms with van der Waals surface area (Å²) in [5.74, 6) is 0. The third-order valence-electron chi connectivity index (χ3n) is 3.93. The number of hydrogen-bond donors (Lipinski definition) is 0. The van der Waals surface area contributed by atoms with Crippen LogP contribution < -0.4 is 9.21 Å². The van der Waals surface area contributed by atoms with E-state index in [-0.39, 0.29) is 4.90 Å². The van der Waals surface area contributed by atoms with Crippen LogP contribution in [0.3, 0.4) is 0 Å². The molecule has 0 bridgehead atoms. The minimum Gasteiger partial charge on any atom is -0.295 e. The summed E-state index contributed by atoms with van der Waals surface area (Å²) in [6.07, 6.45) is 0. The molecule has 0 unspecified atom stereocenters. The number of fused-ring (bicyclic) bond motifs is 1. The minimum atomic E-state index is -3.91. The van der Waals surface area contributed by atoms with E-state index in [9.17, 15) is 13.2 Å². The molecule has 2 aromatic carbocycles. The Bertz CT molecular complexity index is 875. The van der Waals surface area contributed by atoms with Crippen LogP contribution in [0.15, 0.2) is 47.4 Å². The molecule has 0 atom stereocenters. The van der Waals surface area contributed by atoms with E-state index in [0.29, 0.717) is 11.4 Å². The predicted octanol–water partition coefficient (Wildman–Crippen LogP) is 3.07. The van der Waals surface area contributed by atoms with E-state index in [0.717, 1.165) is 15.4 Å². The summed E-state index contributed by atoms with van der Waals surface area (Å²) in [6, 6.07) is 11.1. The number of urea groups is 1. The molecule has 114 valence electrons. The Hall–Kier alpha value is -2.34. The molecule has 1 aliphatic rings. The SMILES string of the molecule is Cc1ccc(N2C(=O)N(C)c3ccccc3S2(=O)=O)cc1C. The molecule has 0 aliphatic carbocycles. The topological polar surface area (TPSA) is 57.7 Å². The summed E-state index contributed by atoms with van der Waals surface area (Å²) in [5, 5.41) is 0. The molecular formula is C16H16N2O3S. The van der Waals surface area contributed by atoms with E-state index in [1.54, 1.807) is 37.4 Å². The smallest absolute Gasteiger partial charge is 0.295 e. The van der Waals surface area contributed by atoms with Crippen molar-refractivity contribution in [3.8, 4) is 0 Å². The Morgan fingerprint density at radius 2 is 1.64 bits per heavy atom. The number of amides is 2. The van der Waals surface area contributed by atoms with E-state index in [1.807, 2.05) is 19.9 Å². The molecule has 3 rings (SSSR count). The largest absolute Gasteiger partial charge is 0.342 e. The van der Waals surface area contributed by atoms with Crippen LogP contribution in [-0.2, 0) is 10.0 Å². The van der Waals surface area contributed by atoms with Crippen molar-refractivity contribution in [1.29, 1.82) is 0 Å². The Morgan fingerprint density at radius 3 is 2.32 bits per heavy atom. The van der Waals surface area contributed by atoms with Crippen LogP contribution >= 0.6 is 0 Å². The van der Waals surface area contributed by atoms with E-state index < -0.39 is 16.1 Å². The second-order valence-corrected chi connectivity index (χ2v) is 7.10. The highest BCUT2D eigenvalue weighted by atomic mass is 32.2. The molecule has 1 aliphatic heterocycles. The standard InChI is InChI=1S/C16H16N2O3S/c1-11-8-9-13(10-12(11)2)18-16(19)17(3)14-6-4-5-7-15(14)22(18,20)21/h4-10H,1-3H3. The molecule has 2 amide bonds. The van der Waals surface area contributed by atoms with Crippen LogP contribution in [0.4, 0.5) is 16.2 Å². The van der Waals surface area contributed by atoms with Crippen molar-refractivity contribution in [3.05, 3.63) is 53.6 Å². The molecule has 5 nitrogen and oxygen atoms in total. The summed E-state index contributed by atoms with van der Waals surface area (Å²) in [7, 11) is -2.33. The van der Waals surface area contributed by atoms with Crippen molar-refractivity contribution < 1.29 is 13.2 Å². The van der Waals surface area contributed by atoms with Crippen molar-refractivity contribution in [2.45, 2.75) is 18.7 Å². The number of nitrogens with zero attached hydrogens (tertiary/aromatic N) is 2. The molecule has 0 aromatic heterocycles. The van der Waals surface area contributed by atoms with E-state index in [4.69, 9.17) is 0 Å². The Kier molecular flexibility index (Phi) is 3.21. The second-order valence-electron chi connectivity index (χ2n) is 5.35. The second kappa shape index (κ2) is 4.84. The first-order chi connectivity index (χ1) is 10.3. The minimum absolute atomic E-state index is 0.135. The van der Waals surface area contributed by atoms with Crippen LogP contribution in [0.1, 0.15) is 11.1 Å². The average Bonchev–Trinajstić information content (AvgIpc) is 2.49. The molecule has 0 radical (unpaired) electrons. The summed E-state index contributed by atoms with van der Waals surface area (Å²) in [5.41, 5.74) is 2.73. The van der Waals surface area contributed by atoms with Crippen LogP contribution in [0, 0.1) is 13.8 Å². The molecular weight excluding hydrogens is 300 g/mol. The van der Waals surface area contributed by atoms with Gasteiger partial charge in [0.25, 0.3) is 10.0 Å². The van der Waals surface area contributed by atoms with Gasteiger partial charge in [-0.3, -0.25) is 4.90 Å². The highest BCUT2D eigenvalue weighted by Gasteiger charge is 2.40. The highest BCUT2D eigenvalue weighted by molar-refractivity contribution is 7.94. The maximum absolute atomic E-state index is 12.8. The first-order valence-electron chi connectivity index (χ1n) is 6.83. The van der Waals surface area contributed by atoms with Gasteiger partial charge >= 0.3 is 6.03 Å². The van der Waals surface area contributed by atoms with Gasteiger partial charge in [-0.1, -0.05) is 18.2 Å². The van der Waals surface area contributed by atoms with Gasteiger partial charge in [-0.2, -0.15) is 4.31 Å². The molecule has 22 heavy (non-hydrogen) atoms. The number of sulfonamides is 1.